The summed E-state index contributed by atoms with van der Waals surface area (Å²) in [7, 11) is 0. The molecule has 84 valence electrons. The summed E-state index contributed by atoms with van der Waals surface area (Å²) < 4.78 is 0. The molecule has 1 heterocycles. The molecule has 0 saturated heterocycles. The first-order valence-corrected chi connectivity index (χ1v) is 4.97. The number of rotatable bonds is 5. The molecule has 0 saturated carbocycles. The molecule has 0 atom stereocenters. The monoisotopic (exact) mass is 218 g/mol. The molecule has 0 fully saturated rings. The highest BCUT2D eigenvalue weighted by molar-refractivity contribution is 5.67. The van der Waals surface area contributed by atoms with Gasteiger partial charge in [0.05, 0.1) is 13.0 Å². The van der Waals surface area contributed by atoms with Crippen molar-refractivity contribution in [2.75, 3.05) is 18.0 Å². The van der Waals surface area contributed by atoms with Gasteiger partial charge in [0, 0.05) is 12.7 Å². The molecule has 0 bridgehead atoms. The van der Waals surface area contributed by atoms with E-state index < -0.39 is 5.97 Å². The fraction of sp³-hybridized carbons (Fsp3) is 0.333. The maximum absolute atomic E-state index is 10.5. The predicted molar refractivity (Wildman–Crippen MR) is 62.3 cm³/mol. The van der Waals surface area contributed by atoms with Crippen LogP contribution in [0.5, 0.6) is 0 Å². The zero-order valence-electron chi connectivity index (χ0n) is 9.18. The molecular formula is C12H14N2O2. The molecule has 4 heteroatoms. The van der Waals surface area contributed by atoms with Gasteiger partial charge in [-0.05, 0) is 18.6 Å². The van der Waals surface area contributed by atoms with Crippen molar-refractivity contribution in [2.24, 2.45) is 0 Å². The van der Waals surface area contributed by atoms with Crippen LogP contribution < -0.4 is 4.90 Å². The van der Waals surface area contributed by atoms with Gasteiger partial charge in [0.1, 0.15) is 5.82 Å². The lowest BCUT2D eigenvalue weighted by atomic mass is 10.2. The summed E-state index contributed by atoms with van der Waals surface area (Å²) in [6, 6.07) is 3.76. The molecule has 0 aliphatic heterocycles. The second kappa shape index (κ2) is 5.76. The third-order valence-corrected chi connectivity index (χ3v) is 2.16. The van der Waals surface area contributed by atoms with Crippen molar-refractivity contribution in [1.29, 1.82) is 0 Å². The van der Waals surface area contributed by atoms with Crippen LogP contribution >= 0.6 is 0 Å². The summed E-state index contributed by atoms with van der Waals surface area (Å²) in [5.41, 5.74) is 0.989. The van der Waals surface area contributed by atoms with E-state index in [0.717, 1.165) is 11.4 Å². The van der Waals surface area contributed by atoms with E-state index in [0.29, 0.717) is 13.1 Å². The third-order valence-electron chi connectivity index (χ3n) is 2.16. The van der Waals surface area contributed by atoms with E-state index in [2.05, 4.69) is 10.9 Å². The average Bonchev–Trinajstić information content (AvgIpc) is 2.25. The van der Waals surface area contributed by atoms with Gasteiger partial charge in [-0.3, -0.25) is 4.79 Å². The lowest BCUT2D eigenvalue weighted by molar-refractivity contribution is -0.136. The number of carboxylic acid groups (broad SMARTS) is 1. The maximum Gasteiger partial charge on any atom is 0.305 e. The van der Waals surface area contributed by atoms with Crippen LogP contribution in [0.4, 0.5) is 5.82 Å². The fourth-order valence-electron chi connectivity index (χ4n) is 1.41. The first-order chi connectivity index (χ1) is 7.65. The lowest BCUT2D eigenvalue weighted by Gasteiger charge is -2.21. The number of aliphatic carboxylic acids is 1. The highest BCUT2D eigenvalue weighted by Gasteiger charge is 2.10. The summed E-state index contributed by atoms with van der Waals surface area (Å²) in [6.07, 6.45) is 6.98. The minimum absolute atomic E-state index is 0.0533. The molecule has 0 radical (unpaired) electrons. The van der Waals surface area contributed by atoms with Crippen molar-refractivity contribution < 1.29 is 9.90 Å². The van der Waals surface area contributed by atoms with Crippen molar-refractivity contribution >= 4 is 11.8 Å². The molecule has 1 aromatic rings. The van der Waals surface area contributed by atoms with Crippen LogP contribution in [0.2, 0.25) is 0 Å². The molecule has 1 aromatic heterocycles. The van der Waals surface area contributed by atoms with E-state index >= 15 is 0 Å². The molecule has 0 unspecified atom stereocenters. The number of pyridine rings is 1. The van der Waals surface area contributed by atoms with Crippen LogP contribution in [0.25, 0.3) is 0 Å². The Bertz CT molecular complexity index is 410. The highest BCUT2D eigenvalue weighted by atomic mass is 16.4. The predicted octanol–water partition coefficient (Wildman–Crippen LogP) is 1.30. The van der Waals surface area contributed by atoms with E-state index in [4.69, 9.17) is 11.5 Å². The van der Waals surface area contributed by atoms with E-state index in [1.165, 1.54) is 0 Å². The number of terminal acetylenes is 1. The number of anilines is 1. The van der Waals surface area contributed by atoms with Gasteiger partial charge in [-0.2, -0.15) is 0 Å². The molecule has 0 amide bonds. The SMILES string of the molecule is C#CCN(CCC(=O)O)c1ncccc1C. The standard InChI is InChI=1S/C12H14N2O2/c1-3-8-14(9-6-11(15)16)12-10(2)5-4-7-13-12/h1,4-5,7H,6,8-9H2,2H3,(H,15,16). The molecule has 4 nitrogen and oxygen atoms in total. The van der Waals surface area contributed by atoms with Crippen LogP contribution in [0.3, 0.4) is 0 Å². The van der Waals surface area contributed by atoms with Crippen LogP contribution in [0.15, 0.2) is 18.3 Å². The van der Waals surface area contributed by atoms with Crippen molar-refractivity contribution in [1.82, 2.24) is 4.98 Å². The Kier molecular flexibility index (Phi) is 4.34. The highest BCUT2D eigenvalue weighted by Crippen LogP contribution is 2.15. The van der Waals surface area contributed by atoms with Crippen molar-refractivity contribution in [3.63, 3.8) is 0 Å². The molecule has 0 aliphatic carbocycles. The van der Waals surface area contributed by atoms with Crippen LogP contribution in [-0.2, 0) is 4.79 Å². The van der Waals surface area contributed by atoms with Crippen molar-refractivity contribution in [2.45, 2.75) is 13.3 Å². The van der Waals surface area contributed by atoms with E-state index in [1.54, 1.807) is 11.1 Å². The van der Waals surface area contributed by atoms with Crippen LogP contribution in [0, 0.1) is 19.3 Å². The minimum Gasteiger partial charge on any atom is -0.481 e. The molecule has 16 heavy (non-hydrogen) atoms. The Morgan fingerprint density at radius 1 is 1.69 bits per heavy atom. The molecule has 1 rings (SSSR count). The zero-order valence-corrected chi connectivity index (χ0v) is 9.18. The number of aryl methyl sites for hydroxylation is 1. The molecule has 0 spiro atoms. The van der Waals surface area contributed by atoms with Crippen LogP contribution in [-0.4, -0.2) is 29.1 Å². The number of aromatic nitrogens is 1. The summed E-state index contributed by atoms with van der Waals surface area (Å²) >= 11 is 0. The Labute approximate surface area is 94.9 Å². The largest absolute Gasteiger partial charge is 0.481 e. The quantitative estimate of drug-likeness (QED) is 0.757. The Morgan fingerprint density at radius 3 is 3.00 bits per heavy atom. The van der Waals surface area contributed by atoms with Crippen LogP contribution in [0.1, 0.15) is 12.0 Å². The number of hydrogen-bond acceptors (Lipinski definition) is 3. The van der Waals surface area contributed by atoms with E-state index in [-0.39, 0.29) is 6.42 Å². The van der Waals surface area contributed by atoms with Gasteiger partial charge in [0.2, 0.25) is 0 Å². The van der Waals surface area contributed by atoms with Crippen molar-refractivity contribution in [3.8, 4) is 12.3 Å². The van der Waals surface area contributed by atoms with Gasteiger partial charge in [-0.1, -0.05) is 12.0 Å². The second-order valence-corrected chi connectivity index (χ2v) is 3.41. The number of carboxylic acids is 1. The maximum atomic E-state index is 10.5. The van der Waals surface area contributed by atoms with Gasteiger partial charge in [0.25, 0.3) is 0 Å². The van der Waals surface area contributed by atoms with E-state index in [9.17, 15) is 4.79 Å². The summed E-state index contributed by atoms with van der Waals surface area (Å²) in [4.78, 5) is 16.5. The third kappa shape index (κ3) is 3.28. The molecule has 1 N–H and O–H groups in total. The van der Waals surface area contributed by atoms with Gasteiger partial charge < -0.3 is 10.0 Å². The van der Waals surface area contributed by atoms with Gasteiger partial charge in [0.15, 0.2) is 0 Å². The average molecular weight is 218 g/mol. The van der Waals surface area contributed by atoms with Gasteiger partial charge >= 0.3 is 5.97 Å². The summed E-state index contributed by atoms with van der Waals surface area (Å²) in [5, 5.41) is 8.65. The fourth-order valence-corrected chi connectivity index (χ4v) is 1.41. The summed E-state index contributed by atoms with van der Waals surface area (Å²) in [6.45, 7) is 2.66. The topological polar surface area (TPSA) is 53.4 Å². The Morgan fingerprint density at radius 2 is 2.44 bits per heavy atom. The number of carbonyl (C=O) groups is 1. The van der Waals surface area contributed by atoms with Crippen molar-refractivity contribution in [3.05, 3.63) is 23.9 Å². The Balaban J connectivity index is 2.81. The zero-order chi connectivity index (χ0) is 12.0. The minimum atomic E-state index is -0.837. The Hall–Kier alpha value is -2.02. The molecular weight excluding hydrogens is 204 g/mol. The summed E-state index contributed by atoms with van der Waals surface area (Å²) in [5.74, 6) is 2.42. The smallest absolute Gasteiger partial charge is 0.305 e. The number of nitrogens with zero attached hydrogens (tertiary/aromatic N) is 2. The van der Waals surface area contributed by atoms with Gasteiger partial charge in [-0.25, -0.2) is 4.98 Å². The van der Waals surface area contributed by atoms with E-state index in [1.807, 2.05) is 19.1 Å². The first-order valence-electron chi connectivity index (χ1n) is 4.97. The number of hydrogen-bond donors (Lipinski definition) is 1. The lowest BCUT2D eigenvalue weighted by Crippen LogP contribution is -2.28. The normalized spacial score (nSPS) is 9.50. The molecule has 0 aliphatic rings. The molecule has 0 aromatic carbocycles. The second-order valence-electron chi connectivity index (χ2n) is 3.41. The first kappa shape index (κ1) is 12.1. The van der Waals surface area contributed by atoms with Gasteiger partial charge in [-0.15, -0.1) is 6.42 Å².